The minimum absolute atomic E-state index is 0.532. The van der Waals surface area contributed by atoms with Crippen molar-refractivity contribution < 1.29 is 89.1 Å². The molecular weight excluding hydrogens is 628 g/mol. The number of ether oxygens (including phenoxy) is 5. The molecule has 0 aromatic carbocycles. The smallest absolute Gasteiger partial charge is 0.364 e. The number of aliphatic hydroxyl groups excluding tert-OH is 9. The second-order valence-corrected chi connectivity index (χ2v) is 11.5. The van der Waals surface area contributed by atoms with Crippen molar-refractivity contribution in [1.29, 1.82) is 0 Å². The summed E-state index contributed by atoms with van der Waals surface area (Å²) in [5.74, 6) is -6.22. The molecule has 46 heavy (non-hydrogen) atoms. The average Bonchev–Trinajstić information content (AvgIpc) is 2.99. The molecule has 266 valence electrons. The molecule has 0 saturated carbocycles. The van der Waals surface area contributed by atoms with Gasteiger partial charge in [0, 0.05) is 20.3 Å². The van der Waals surface area contributed by atoms with Crippen molar-refractivity contribution in [3.05, 3.63) is 0 Å². The van der Waals surface area contributed by atoms with Crippen LogP contribution in [0, 0.1) is 0 Å². The summed E-state index contributed by atoms with van der Waals surface area (Å²) in [7, 11) is 0. The first kappa shape index (κ1) is 38.3. The molecule has 3 aliphatic heterocycles. The average molecular weight is 673 g/mol. The van der Waals surface area contributed by atoms with Crippen molar-refractivity contribution >= 4 is 17.8 Å². The fourth-order valence-electron chi connectivity index (χ4n) is 5.82. The number of rotatable bonds is 12. The van der Waals surface area contributed by atoms with Crippen LogP contribution in [0.2, 0.25) is 0 Å². The molecule has 0 bridgehead atoms. The van der Waals surface area contributed by atoms with Gasteiger partial charge in [0.05, 0.1) is 44.1 Å². The Morgan fingerprint density at radius 3 is 1.98 bits per heavy atom. The van der Waals surface area contributed by atoms with Gasteiger partial charge in [-0.15, -0.1) is 0 Å². The van der Waals surface area contributed by atoms with Crippen LogP contribution in [0.25, 0.3) is 0 Å². The molecular formula is C26H44N2O18. The molecule has 3 fully saturated rings. The highest BCUT2D eigenvalue weighted by Crippen LogP contribution is 2.38. The predicted molar refractivity (Wildman–Crippen MR) is 145 cm³/mol. The van der Waals surface area contributed by atoms with E-state index in [-0.39, 0.29) is 0 Å². The monoisotopic (exact) mass is 672 g/mol. The number of carboxylic acid groups (broad SMARTS) is 1. The molecule has 3 heterocycles. The lowest BCUT2D eigenvalue weighted by molar-refractivity contribution is -0.379. The lowest BCUT2D eigenvalue weighted by Gasteiger charge is -2.50. The van der Waals surface area contributed by atoms with Gasteiger partial charge in [0.1, 0.15) is 61.0 Å². The van der Waals surface area contributed by atoms with Gasteiger partial charge in [0.2, 0.25) is 11.8 Å². The summed E-state index contributed by atoms with van der Waals surface area (Å²) in [6.45, 7) is 1.07. The molecule has 20 nitrogen and oxygen atoms in total. The third-order valence-corrected chi connectivity index (χ3v) is 8.14. The van der Waals surface area contributed by atoms with Crippen molar-refractivity contribution in [3.8, 4) is 0 Å². The molecule has 16 atom stereocenters. The number of amides is 2. The normalized spacial score (nSPS) is 42.9. The Kier molecular flexibility index (Phi) is 13.2. The van der Waals surface area contributed by atoms with E-state index in [4.69, 9.17) is 23.7 Å². The zero-order chi connectivity index (χ0) is 34.7. The fraction of sp³-hybridized carbons (Fsp3) is 0.885. The number of hydrogen-bond acceptors (Lipinski definition) is 17. The minimum Gasteiger partial charge on any atom is -0.477 e. The number of aliphatic carboxylic acids is 1. The molecule has 3 saturated heterocycles. The quantitative estimate of drug-likeness (QED) is 0.0916. The number of aliphatic hydroxyl groups is 9. The van der Waals surface area contributed by atoms with Crippen molar-refractivity contribution in [1.82, 2.24) is 10.6 Å². The van der Waals surface area contributed by atoms with Crippen LogP contribution in [0.5, 0.6) is 0 Å². The Bertz CT molecular complexity index is 1050. The van der Waals surface area contributed by atoms with Crippen LogP contribution in [0.4, 0.5) is 0 Å². The van der Waals surface area contributed by atoms with Gasteiger partial charge in [-0.3, -0.25) is 9.59 Å². The van der Waals surface area contributed by atoms with E-state index in [1.54, 1.807) is 0 Å². The first-order valence-corrected chi connectivity index (χ1v) is 14.5. The summed E-state index contributed by atoms with van der Waals surface area (Å²) in [4.78, 5) is 36.1. The maximum atomic E-state index is 12.6. The van der Waals surface area contributed by atoms with Gasteiger partial charge in [-0.2, -0.15) is 0 Å². The Balaban J connectivity index is 1.95. The number of carbonyl (C=O) groups is 3. The standard InChI is InChI=1S/C26H44N2O18/c1-8-15(27-9(2)32)19(38)21(14(7-31)42-8)44-24-20(39)23(18(37)13(6-30)43-24)46-26(25(40)41)4-11(34)16(28-10(3)33)22(45-26)17(36)12(35)5-29/h8,11-24,29-31,34-39H,4-7H2,1-3H3,(H,27,32)(H,28,33)(H,40,41). The lowest BCUT2D eigenvalue weighted by Crippen LogP contribution is -2.71. The second kappa shape index (κ2) is 15.8. The number of nitrogens with one attached hydrogen (secondary N) is 2. The Hall–Kier alpha value is -2.15. The highest BCUT2D eigenvalue weighted by molar-refractivity contribution is 5.76. The molecule has 2 amide bonds. The Labute approximate surface area is 262 Å². The van der Waals surface area contributed by atoms with Gasteiger partial charge in [-0.1, -0.05) is 0 Å². The van der Waals surface area contributed by atoms with Crippen molar-refractivity contribution in [2.24, 2.45) is 0 Å². The molecule has 3 rings (SSSR count). The van der Waals surface area contributed by atoms with Gasteiger partial charge in [0.25, 0.3) is 5.79 Å². The molecule has 0 aromatic rings. The zero-order valence-electron chi connectivity index (χ0n) is 25.2. The lowest BCUT2D eigenvalue weighted by atomic mass is 9.88. The minimum atomic E-state index is -3.00. The third kappa shape index (κ3) is 8.10. The summed E-state index contributed by atoms with van der Waals surface area (Å²) in [5, 5.41) is 109. The molecule has 12 N–H and O–H groups in total. The van der Waals surface area contributed by atoms with Gasteiger partial charge < -0.3 is 85.4 Å². The fourth-order valence-corrected chi connectivity index (χ4v) is 5.82. The number of hydrogen-bond donors (Lipinski definition) is 12. The van der Waals surface area contributed by atoms with Crippen molar-refractivity contribution in [2.45, 2.75) is 125 Å². The zero-order valence-corrected chi connectivity index (χ0v) is 25.2. The van der Waals surface area contributed by atoms with E-state index in [2.05, 4.69) is 10.6 Å². The van der Waals surface area contributed by atoms with Gasteiger partial charge in [-0.05, 0) is 6.92 Å². The first-order valence-electron chi connectivity index (χ1n) is 14.5. The van der Waals surface area contributed by atoms with E-state index >= 15 is 0 Å². The Morgan fingerprint density at radius 1 is 0.870 bits per heavy atom. The summed E-state index contributed by atoms with van der Waals surface area (Å²) in [5.41, 5.74) is 0. The maximum absolute atomic E-state index is 12.6. The van der Waals surface area contributed by atoms with Gasteiger partial charge in [0.15, 0.2) is 6.29 Å². The van der Waals surface area contributed by atoms with E-state index in [1.165, 1.54) is 13.8 Å². The van der Waals surface area contributed by atoms with Crippen LogP contribution >= 0.6 is 0 Å². The van der Waals surface area contributed by atoms with E-state index < -0.39 is 141 Å². The molecule has 3 aliphatic rings. The van der Waals surface area contributed by atoms with Crippen LogP contribution in [0.3, 0.4) is 0 Å². The molecule has 20 heteroatoms. The van der Waals surface area contributed by atoms with Crippen LogP contribution < -0.4 is 10.6 Å². The summed E-state index contributed by atoms with van der Waals surface area (Å²) >= 11 is 0. The van der Waals surface area contributed by atoms with E-state index in [0.717, 1.165) is 6.92 Å². The van der Waals surface area contributed by atoms with Crippen LogP contribution in [-0.4, -0.2) is 186 Å². The molecule has 0 spiro atoms. The van der Waals surface area contributed by atoms with Crippen LogP contribution in [0.15, 0.2) is 0 Å². The Morgan fingerprint density at radius 2 is 1.46 bits per heavy atom. The van der Waals surface area contributed by atoms with E-state index in [9.17, 15) is 65.4 Å². The number of carbonyl (C=O) groups excluding carboxylic acids is 2. The molecule has 16 unspecified atom stereocenters. The SMILES string of the molecule is CC(=O)NC1C(C)OC(CO)C(OC2OC(CO)C(O)C(OC3(C(=O)O)CC(O)C(NC(C)=O)C(C(O)C(O)CO)O3)C2O)C1O. The highest BCUT2D eigenvalue weighted by Gasteiger charge is 2.60. The third-order valence-electron chi connectivity index (χ3n) is 8.14. The predicted octanol–water partition coefficient (Wildman–Crippen LogP) is -7.01. The van der Waals surface area contributed by atoms with Crippen LogP contribution in [-0.2, 0) is 38.1 Å². The van der Waals surface area contributed by atoms with Crippen molar-refractivity contribution in [2.75, 3.05) is 19.8 Å². The van der Waals surface area contributed by atoms with E-state index in [0.29, 0.717) is 0 Å². The molecule has 0 radical (unpaired) electrons. The molecule has 0 aliphatic carbocycles. The maximum Gasteiger partial charge on any atom is 0.364 e. The largest absolute Gasteiger partial charge is 0.477 e. The summed E-state index contributed by atoms with van der Waals surface area (Å²) in [6, 6.07) is -2.59. The number of carboxylic acids is 1. The van der Waals surface area contributed by atoms with Crippen LogP contribution in [0.1, 0.15) is 27.2 Å². The van der Waals surface area contributed by atoms with Crippen molar-refractivity contribution in [3.63, 3.8) is 0 Å². The second-order valence-electron chi connectivity index (χ2n) is 11.5. The summed E-state index contributed by atoms with van der Waals surface area (Å²) in [6.07, 6.45) is -23.7. The van der Waals surface area contributed by atoms with E-state index in [1.807, 2.05) is 0 Å². The molecule has 0 aromatic heterocycles. The first-order chi connectivity index (χ1) is 21.5. The topological polar surface area (TPSA) is 324 Å². The van der Waals surface area contributed by atoms with Gasteiger partial charge in [-0.25, -0.2) is 4.79 Å². The highest BCUT2D eigenvalue weighted by atomic mass is 16.8. The summed E-state index contributed by atoms with van der Waals surface area (Å²) < 4.78 is 28.1. The van der Waals surface area contributed by atoms with Gasteiger partial charge >= 0.3 is 5.97 Å².